The minimum absolute atomic E-state index is 0.0607. The van der Waals surface area contributed by atoms with Gasteiger partial charge in [0.15, 0.2) is 0 Å². The van der Waals surface area contributed by atoms with E-state index in [4.69, 9.17) is 0 Å². The van der Waals surface area contributed by atoms with Gasteiger partial charge in [0.2, 0.25) is 5.95 Å². The second kappa shape index (κ2) is 6.31. The predicted molar refractivity (Wildman–Crippen MR) is 78.4 cm³/mol. The molecule has 0 aromatic carbocycles. The van der Waals surface area contributed by atoms with E-state index in [1.54, 1.807) is 0 Å². The second-order valence-corrected chi connectivity index (χ2v) is 5.50. The lowest BCUT2D eigenvalue weighted by Crippen LogP contribution is -2.52. The molecule has 2 aliphatic heterocycles. The smallest absolute Gasteiger partial charge is 0.305 e. The molecule has 3 rings (SSSR count). The summed E-state index contributed by atoms with van der Waals surface area (Å²) in [5.41, 5.74) is -0.0607. The highest BCUT2D eigenvalue weighted by molar-refractivity contribution is 5.34. The first-order chi connectivity index (χ1) is 10.2. The summed E-state index contributed by atoms with van der Waals surface area (Å²) < 4.78 is 0. The zero-order chi connectivity index (χ0) is 14.7. The molecule has 8 nitrogen and oxygen atoms in total. The molecule has 0 bridgehead atoms. The summed E-state index contributed by atoms with van der Waals surface area (Å²) >= 11 is 0. The molecule has 21 heavy (non-hydrogen) atoms. The van der Waals surface area contributed by atoms with Crippen molar-refractivity contribution in [1.29, 1.82) is 0 Å². The Labute approximate surface area is 123 Å². The van der Waals surface area contributed by atoms with Crippen molar-refractivity contribution in [1.82, 2.24) is 20.2 Å². The second-order valence-electron chi connectivity index (χ2n) is 5.50. The standard InChI is InChI=1S/C13H20N6O2/c20-19(21)12-9-15-13(16-10-12)18-5-1-11(2-6-18)17-7-3-14-4-8-17/h9-11,14H,1-8H2. The maximum absolute atomic E-state index is 10.6. The van der Waals surface area contributed by atoms with E-state index in [1.165, 1.54) is 12.4 Å². The number of anilines is 1. The Hall–Kier alpha value is -1.80. The van der Waals surface area contributed by atoms with Crippen LogP contribution in [0.4, 0.5) is 11.6 Å². The SMILES string of the molecule is O=[N+]([O-])c1cnc(N2CCC(N3CCNCC3)CC2)nc1. The zero-order valence-corrected chi connectivity index (χ0v) is 11.9. The number of rotatable bonds is 3. The van der Waals surface area contributed by atoms with Crippen LogP contribution in [0.2, 0.25) is 0 Å². The molecule has 0 atom stereocenters. The van der Waals surface area contributed by atoms with Crippen LogP contribution in [0, 0.1) is 10.1 Å². The van der Waals surface area contributed by atoms with Crippen molar-refractivity contribution in [3.8, 4) is 0 Å². The summed E-state index contributed by atoms with van der Waals surface area (Å²) in [6.45, 7) is 6.22. The topological polar surface area (TPSA) is 87.4 Å². The fraction of sp³-hybridized carbons (Fsp3) is 0.692. The van der Waals surface area contributed by atoms with Gasteiger partial charge in [-0.15, -0.1) is 0 Å². The maximum atomic E-state index is 10.6. The van der Waals surface area contributed by atoms with Crippen LogP contribution in [0.5, 0.6) is 0 Å². The molecule has 2 aliphatic rings. The van der Waals surface area contributed by atoms with E-state index in [2.05, 4.69) is 25.1 Å². The molecule has 0 saturated carbocycles. The van der Waals surface area contributed by atoms with E-state index >= 15 is 0 Å². The van der Waals surface area contributed by atoms with Gasteiger partial charge in [-0.3, -0.25) is 15.0 Å². The van der Waals surface area contributed by atoms with Gasteiger partial charge in [-0.1, -0.05) is 0 Å². The summed E-state index contributed by atoms with van der Waals surface area (Å²) in [5.74, 6) is 0.597. The molecule has 1 aromatic heterocycles. The van der Waals surface area contributed by atoms with Gasteiger partial charge in [0, 0.05) is 45.3 Å². The van der Waals surface area contributed by atoms with Gasteiger partial charge in [-0.05, 0) is 12.8 Å². The normalized spacial score (nSPS) is 21.4. The van der Waals surface area contributed by atoms with Crippen LogP contribution in [0.25, 0.3) is 0 Å². The van der Waals surface area contributed by atoms with Crippen molar-refractivity contribution >= 4 is 11.6 Å². The van der Waals surface area contributed by atoms with Crippen LogP contribution in [0.3, 0.4) is 0 Å². The first-order valence-corrected chi connectivity index (χ1v) is 7.40. The summed E-state index contributed by atoms with van der Waals surface area (Å²) in [5, 5.41) is 14.0. The van der Waals surface area contributed by atoms with Crippen LogP contribution < -0.4 is 10.2 Å². The predicted octanol–water partition coefficient (Wildman–Crippen LogP) is 0.259. The lowest BCUT2D eigenvalue weighted by Gasteiger charge is -2.40. The van der Waals surface area contributed by atoms with Crippen LogP contribution >= 0.6 is 0 Å². The third kappa shape index (κ3) is 3.27. The zero-order valence-electron chi connectivity index (χ0n) is 11.9. The maximum Gasteiger partial charge on any atom is 0.305 e. The van der Waals surface area contributed by atoms with Crippen molar-refractivity contribution in [2.24, 2.45) is 0 Å². The van der Waals surface area contributed by atoms with E-state index in [-0.39, 0.29) is 5.69 Å². The number of piperidine rings is 1. The van der Waals surface area contributed by atoms with Crippen LogP contribution in [-0.2, 0) is 0 Å². The Bertz CT molecular complexity index is 480. The highest BCUT2D eigenvalue weighted by Crippen LogP contribution is 2.20. The first-order valence-electron chi connectivity index (χ1n) is 7.40. The fourth-order valence-electron chi connectivity index (χ4n) is 3.05. The van der Waals surface area contributed by atoms with Crippen molar-refractivity contribution in [3.63, 3.8) is 0 Å². The summed E-state index contributed by atoms with van der Waals surface area (Å²) in [4.78, 5) is 23.0. The largest absolute Gasteiger partial charge is 0.341 e. The molecule has 3 heterocycles. The van der Waals surface area contributed by atoms with E-state index in [1.807, 2.05) is 0 Å². The van der Waals surface area contributed by atoms with Gasteiger partial charge < -0.3 is 10.2 Å². The lowest BCUT2D eigenvalue weighted by molar-refractivity contribution is -0.385. The van der Waals surface area contributed by atoms with Gasteiger partial charge in [0.25, 0.3) is 0 Å². The molecule has 0 amide bonds. The molecule has 8 heteroatoms. The highest BCUT2D eigenvalue weighted by Gasteiger charge is 2.26. The Kier molecular flexibility index (Phi) is 4.26. The third-order valence-electron chi connectivity index (χ3n) is 4.25. The highest BCUT2D eigenvalue weighted by atomic mass is 16.6. The van der Waals surface area contributed by atoms with Crippen molar-refractivity contribution in [2.75, 3.05) is 44.2 Å². The van der Waals surface area contributed by atoms with Crippen LogP contribution in [0.1, 0.15) is 12.8 Å². The molecule has 114 valence electrons. The molecular formula is C13H20N6O2. The van der Waals surface area contributed by atoms with Gasteiger partial charge in [0.1, 0.15) is 12.4 Å². The van der Waals surface area contributed by atoms with Crippen molar-refractivity contribution in [3.05, 3.63) is 22.5 Å². The average Bonchev–Trinajstić information content (AvgIpc) is 2.56. The monoisotopic (exact) mass is 292 g/mol. The van der Waals surface area contributed by atoms with Crippen LogP contribution in [0.15, 0.2) is 12.4 Å². The fourth-order valence-corrected chi connectivity index (χ4v) is 3.05. The lowest BCUT2D eigenvalue weighted by atomic mass is 10.0. The average molecular weight is 292 g/mol. The summed E-state index contributed by atoms with van der Waals surface area (Å²) in [7, 11) is 0. The van der Waals surface area contributed by atoms with E-state index in [9.17, 15) is 10.1 Å². The van der Waals surface area contributed by atoms with Gasteiger partial charge in [-0.25, -0.2) is 9.97 Å². The Morgan fingerprint density at radius 3 is 2.33 bits per heavy atom. The quantitative estimate of drug-likeness (QED) is 0.631. The van der Waals surface area contributed by atoms with Gasteiger partial charge in [-0.2, -0.15) is 0 Å². The number of nitrogens with zero attached hydrogens (tertiary/aromatic N) is 5. The molecule has 0 aliphatic carbocycles. The number of hydrogen-bond acceptors (Lipinski definition) is 7. The first kappa shape index (κ1) is 14.2. The molecule has 2 fully saturated rings. The number of aromatic nitrogens is 2. The number of nitrogens with one attached hydrogen (secondary N) is 1. The Balaban J connectivity index is 1.56. The number of nitro groups is 1. The molecular weight excluding hydrogens is 272 g/mol. The molecule has 1 aromatic rings. The van der Waals surface area contributed by atoms with Gasteiger partial charge >= 0.3 is 5.69 Å². The molecule has 2 saturated heterocycles. The van der Waals surface area contributed by atoms with Crippen LogP contribution in [-0.4, -0.2) is 65.1 Å². The van der Waals surface area contributed by atoms with E-state index in [0.717, 1.165) is 52.1 Å². The number of piperazine rings is 1. The number of hydrogen-bond donors (Lipinski definition) is 1. The molecule has 0 radical (unpaired) electrons. The minimum atomic E-state index is -0.472. The molecule has 0 spiro atoms. The van der Waals surface area contributed by atoms with E-state index < -0.39 is 4.92 Å². The minimum Gasteiger partial charge on any atom is -0.341 e. The summed E-state index contributed by atoms with van der Waals surface area (Å²) in [6.07, 6.45) is 4.76. The van der Waals surface area contributed by atoms with Crippen molar-refractivity contribution < 1.29 is 4.92 Å². The molecule has 1 N–H and O–H groups in total. The molecule has 0 unspecified atom stereocenters. The van der Waals surface area contributed by atoms with Crippen molar-refractivity contribution in [2.45, 2.75) is 18.9 Å². The van der Waals surface area contributed by atoms with Gasteiger partial charge in [0.05, 0.1) is 4.92 Å². The third-order valence-corrected chi connectivity index (χ3v) is 4.25. The summed E-state index contributed by atoms with van der Waals surface area (Å²) in [6, 6.07) is 0.640. The Morgan fingerprint density at radius 2 is 1.76 bits per heavy atom. The van der Waals surface area contributed by atoms with E-state index in [0.29, 0.717) is 12.0 Å². The Morgan fingerprint density at radius 1 is 1.14 bits per heavy atom.